The van der Waals surface area contributed by atoms with Crippen LogP contribution in [0.5, 0.6) is 0 Å². The summed E-state index contributed by atoms with van der Waals surface area (Å²) >= 11 is 0. The molecule has 1 aromatic rings. The molecule has 0 N–H and O–H groups in total. The monoisotopic (exact) mass is 240 g/mol. The van der Waals surface area contributed by atoms with Crippen LogP contribution in [0.4, 0.5) is 8.78 Å². The zero-order valence-corrected chi connectivity index (χ0v) is 10.8. The Morgan fingerprint density at radius 3 is 2.47 bits per heavy atom. The van der Waals surface area contributed by atoms with Gasteiger partial charge in [0.1, 0.15) is 0 Å². The largest absolute Gasteiger partial charge is 0.204 e. The summed E-state index contributed by atoms with van der Waals surface area (Å²) < 4.78 is 26.6. The topological polar surface area (TPSA) is 0 Å². The molecular weight excluding hydrogens is 218 g/mol. The Bertz CT molecular complexity index is 334. The van der Waals surface area contributed by atoms with Crippen LogP contribution in [0.2, 0.25) is 0 Å². The van der Waals surface area contributed by atoms with Crippen LogP contribution < -0.4 is 0 Å². The number of halogens is 2. The average molecular weight is 240 g/mol. The van der Waals surface area contributed by atoms with Crippen LogP contribution in [0, 0.1) is 17.6 Å². The second-order valence-electron chi connectivity index (χ2n) is 4.71. The molecule has 1 atom stereocenters. The Labute approximate surface area is 103 Å². The molecule has 0 nitrogen and oxygen atoms in total. The molecule has 0 aromatic heterocycles. The van der Waals surface area contributed by atoms with Crippen molar-refractivity contribution >= 4 is 0 Å². The highest BCUT2D eigenvalue weighted by atomic mass is 19.2. The van der Waals surface area contributed by atoms with E-state index in [1.807, 2.05) is 0 Å². The van der Waals surface area contributed by atoms with Crippen LogP contribution in [-0.4, -0.2) is 0 Å². The van der Waals surface area contributed by atoms with Crippen molar-refractivity contribution < 1.29 is 8.78 Å². The first-order chi connectivity index (χ1) is 8.19. The van der Waals surface area contributed by atoms with Crippen molar-refractivity contribution in [1.82, 2.24) is 0 Å². The molecule has 0 aliphatic carbocycles. The van der Waals surface area contributed by atoms with Crippen LogP contribution in [0.1, 0.15) is 51.5 Å². The molecule has 1 aromatic carbocycles. The standard InChI is InChI=1S/C15H22F2/c1-3-5-8-12(7-4-2)11-13-9-6-10-14(16)15(13)17/h6,9-10,12H,3-5,7-8,11H2,1-2H3. The Morgan fingerprint density at radius 2 is 1.82 bits per heavy atom. The summed E-state index contributed by atoms with van der Waals surface area (Å²) in [4.78, 5) is 0. The summed E-state index contributed by atoms with van der Waals surface area (Å²) in [5.74, 6) is -0.908. The molecule has 0 heterocycles. The van der Waals surface area contributed by atoms with Crippen molar-refractivity contribution in [3.63, 3.8) is 0 Å². The lowest BCUT2D eigenvalue weighted by atomic mass is 9.90. The van der Waals surface area contributed by atoms with Gasteiger partial charge in [0.05, 0.1) is 0 Å². The molecule has 0 aliphatic heterocycles. The third kappa shape index (κ3) is 4.45. The molecule has 0 saturated heterocycles. The predicted molar refractivity (Wildman–Crippen MR) is 68.0 cm³/mol. The zero-order valence-electron chi connectivity index (χ0n) is 10.8. The number of hydrogen-bond acceptors (Lipinski definition) is 0. The lowest BCUT2D eigenvalue weighted by Crippen LogP contribution is -2.07. The van der Waals surface area contributed by atoms with Crippen molar-refractivity contribution in [2.75, 3.05) is 0 Å². The molecule has 2 heteroatoms. The van der Waals surface area contributed by atoms with E-state index >= 15 is 0 Å². The van der Waals surface area contributed by atoms with Crippen molar-refractivity contribution in [3.05, 3.63) is 35.4 Å². The number of hydrogen-bond donors (Lipinski definition) is 0. The van der Waals surface area contributed by atoms with Crippen molar-refractivity contribution in [1.29, 1.82) is 0 Å². The second kappa shape index (κ2) is 7.41. The first kappa shape index (κ1) is 14.1. The molecule has 0 radical (unpaired) electrons. The van der Waals surface area contributed by atoms with Gasteiger partial charge in [-0.15, -0.1) is 0 Å². The third-order valence-corrected chi connectivity index (χ3v) is 3.20. The third-order valence-electron chi connectivity index (χ3n) is 3.20. The van der Waals surface area contributed by atoms with E-state index in [1.54, 1.807) is 12.1 Å². The molecule has 0 fully saturated rings. The van der Waals surface area contributed by atoms with Gasteiger partial charge in [-0.3, -0.25) is 0 Å². The van der Waals surface area contributed by atoms with E-state index in [4.69, 9.17) is 0 Å². The first-order valence-electron chi connectivity index (χ1n) is 6.61. The van der Waals surface area contributed by atoms with Gasteiger partial charge in [-0.05, 0) is 24.0 Å². The van der Waals surface area contributed by atoms with Crippen LogP contribution in [0.25, 0.3) is 0 Å². The van der Waals surface area contributed by atoms with Gasteiger partial charge in [0, 0.05) is 0 Å². The van der Waals surface area contributed by atoms with Crippen LogP contribution in [0.15, 0.2) is 18.2 Å². The molecule has 0 amide bonds. The smallest absolute Gasteiger partial charge is 0.162 e. The first-order valence-corrected chi connectivity index (χ1v) is 6.61. The molecule has 1 unspecified atom stereocenters. The Morgan fingerprint density at radius 1 is 1.06 bits per heavy atom. The maximum Gasteiger partial charge on any atom is 0.162 e. The average Bonchev–Trinajstić information content (AvgIpc) is 2.32. The number of unbranched alkanes of at least 4 members (excludes halogenated alkanes) is 1. The summed E-state index contributed by atoms with van der Waals surface area (Å²) in [6.07, 6.45) is 6.30. The van der Waals surface area contributed by atoms with Gasteiger partial charge in [0.25, 0.3) is 0 Å². The lowest BCUT2D eigenvalue weighted by Gasteiger charge is -2.16. The van der Waals surface area contributed by atoms with E-state index in [9.17, 15) is 8.78 Å². The van der Waals surface area contributed by atoms with E-state index in [0.717, 1.165) is 25.7 Å². The fourth-order valence-corrected chi connectivity index (χ4v) is 2.27. The van der Waals surface area contributed by atoms with E-state index in [0.29, 0.717) is 17.9 Å². The zero-order chi connectivity index (χ0) is 12.7. The van der Waals surface area contributed by atoms with Gasteiger partial charge >= 0.3 is 0 Å². The molecule has 0 spiro atoms. The SMILES string of the molecule is CCCCC(CCC)Cc1cccc(F)c1F. The molecule has 96 valence electrons. The molecule has 17 heavy (non-hydrogen) atoms. The van der Waals surface area contributed by atoms with Crippen molar-refractivity contribution in [2.45, 2.75) is 52.4 Å². The lowest BCUT2D eigenvalue weighted by molar-refractivity contribution is 0.413. The summed E-state index contributed by atoms with van der Waals surface area (Å²) in [5.41, 5.74) is 0.527. The Balaban J connectivity index is 2.67. The van der Waals surface area contributed by atoms with E-state index in [1.165, 1.54) is 12.5 Å². The summed E-state index contributed by atoms with van der Waals surface area (Å²) in [7, 11) is 0. The van der Waals surface area contributed by atoms with Gasteiger partial charge in [-0.1, -0.05) is 58.1 Å². The van der Waals surface area contributed by atoms with Crippen molar-refractivity contribution in [2.24, 2.45) is 5.92 Å². The molecule has 0 saturated carbocycles. The fourth-order valence-electron chi connectivity index (χ4n) is 2.27. The summed E-state index contributed by atoms with van der Waals surface area (Å²) in [5, 5.41) is 0. The van der Waals surface area contributed by atoms with Crippen LogP contribution in [0.3, 0.4) is 0 Å². The molecule has 0 aliphatic rings. The van der Waals surface area contributed by atoms with E-state index in [-0.39, 0.29) is 0 Å². The normalized spacial score (nSPS) is 12.7. The highest BCUT2D eigenvalue weighted by Crippen LogP contribution is 2.22. The minimum atomic E-state index is -0.728. The van der Waals surface area contributed by atoms with Crippen LogP contribution >= 0.6 is 0 Å². The van der Waals surface area contributed by atoms with E-state index in [2.05, 4.69) is 13.8 Å². The van der Waals surface area contributed by atoms with Crippen LogP contribution in [-0.2, 0) is 6.42 Å². The van der Waals surface area contributed by atoms with Gasteiger partial charge in [-0.2, -0.15) is 0 Å². The minimum absolute atomic E-state index is 0.483. The maximum absolute atomic E-state index is 13.5. The van der Waals surface area contributed by atoms with Gasteiger partial charge < -0.3 is 0 Å². The van der Waals surface area contributed by atoms with Gasteiger partial charge in [0.15, 0.2) is 11.6 Å². The predicted octanol–water partition coefficient (Wildman–Crippen LogP) is 5.11. The highest BCUT2D eigenvalue weighted by Gasteiger charge is 2.13. The van der Waals surface area contributed by atoms with Gasteiger partial charge in [-0.25, -0.2) is 8.78 Å². The maximum atomic E-state index is 13.5. The number of benzene rings is 1. The Hall–Kier alpha value is -0.920. The molecule has 0 bridgehead atoms. The molecular formula is C15H22F2. The Kier molecular flexibility index (Phi) is 6.17. The second-order valence-corrected chi connectivity index (χ2v) is 4.71. The minimum Gasteiger partial charge on any atom is -0.204 e. The quantitative estimate of drug-likeness (QED) is 0.621. The highest BCUT2D eigenvalue weighted by molar-refractivity contribution is 5.19. The summed E-state index contributed by atoms with van der Waals surface area (Å²) in [6.45, 7) is 4.30. The summed E-state index contributed by atoms with van der Waals surface area (Å²) in [6, 6.07) is 4.48. The van der Waals surface area contributed by atoms with E-state index < -0.39 is 11.6 Å². The van der Waals surface area contributed by atoms with Crippen molar-refractivity contribution in [3.8, 4) is 0 Å². The van der Waals surface area contributed by atoms with Gasteiger partial charge in [0.2, 0.25) is 0 Å². The molecule has 1 rings (SSSR count). The number of rotatable bonds is 7. The fraction of sp³-hybridized carbons (Fsp3) is 0.600.